The molecule has 0 saturated heterocycles. The second-order valence-electron chi connectivity index (χ2n) is 5.59. The van der Waals surface area contributed by atoms with E-state index in [0.29, 0.717) is 11.6 Å². The third-order valence-electron chi connectivity index (χ3n) is 3.36. The number of sulfone groups is 1. The maximum absolute atomic E-state index is 11.9. The summed E-state index contributed by atoms with van der Waals surface area (Å²) in [7, 11) is -3.20. The first-order valence-corrected chi connectivity index (χ1v) is 9.97. The number of hydrogen-bond donors (Lipinski definition) is 1. The largest absolute Gasteiger partial charge is 0.396 e. The van der Waals surface area contributed by atoms with Crippen LogP contribution in [0.1, 0.15) is 37.4 Å². The summed E-state index contributed by atoms with van der Waals surface area (Å²) in [6, 6.07) is 8.22. The fourth-order valence-electron chi connectivity index (χ4n) is 2.10. The van der Waals surface area contributed by atoms with Crippen molar-refractivity contribution in [3.05, 3.63) is 40.9 Å². The first kappa shape index (κ1) is 17.1. The Morgan fingerprint density at radius 3 is 2.50 bits per heavy atom. The van der Waals surface area contributed by atoms with E-state index in [-0.39, 0.29) is 24.5 Å². The average Bonchev–Trinajstić information content (AvgIpc) is 2.93. The Kier molecular flexibility index (Phi) is 5.72. The van der Waals surface area contributed by atoms with Gasteiger partial charge in [-0.1, -0.05) is 38.1 Å². The number of aliphatic hydroxyl groups is 1. The van der Waals surface area contributed by atoms with Gasteiger partial charge in [0.1, 0.15) is 5.01 Å². The van der Waals surface area contributed by atoms with Crippen LogP contribution in [-0.4, -0.2) is 30.9 Å². The molecule has 0 unspecified atom stereocenters. The minimum Gasteiger partial charge on any atom is -0.396 e. The van der Waals surface area contributed by atoms with Gasteiger partial charge in [0.05, 0.1) is 17.2 Å². The van der Waals surface area contributed by atoms with Crippen molar-refractivity contribution >= 4 is 21.2 Å². The molecule has 120 valence electrons. The number of hydrogen-bond acceptors (Lipinski definition) is 5. The Bertz CT molecular complexity index is 703. The minimum absolute atomic E-state index is 0.000550. The van der Waals surface area contributed by atoms with Gasteiger partial charge >= 0.3 is 0 Å². The summed E-state index contributed by atoms with van der Waals surface area (Å²) in [5.74, 6) is 0.421. The third kappa shape index (κ3) is 4.63. The number of nitrogens with zero attached hydrogens (tertiary/aromatic N) is 1. The molecule has 0 atom stereocenters. The standard InChI is InChI=1S/C16H21NO3S2/c1-12(2)13-4-6-14(7-5-13)16-17-15(10-21-16)11-22(19,20)9-3-8-18/h4-7,10,12,18H,3,8-9,11H2,1-2H3. The van der Waals surface area contributed by atoms with Crippen molar-refractivity contribution in [3.8, 4) is 10.6 Å². The van der Waals surface area contributed by atoms with Gasteiger partial charge in [0.2, 0.25) is 0 Å². The topological polar surface area (TPSA) is 67.3 Å². The lowest BCUT2D eigenvalue weighted by Crippen LogP contribution is -2.10. The molecular weight excluding hydrogens is 318 g/mol. The number of rotatable bonds is 7. The van der Waals surface area contributed by atoms with Gasteiger partial charge in [-0.15, -0.1) is 11.3 Å². The van der Waals surface area contributed by atoms with Gasteiger partial charge in [-0.25, -0.2) is 13.4 Å². The molecule has 0 fully saturated rings. The van der Waals surface area contributed by atoms with E-state index < -0.39 is 9.84 Å². The summed E-state index contributed by atoms with van der Waals surface area (Å²) in [5, 5.41) is 11.4. The Morgan fingerprint density at radius 1 is 1.23 bits per heavy atom. The van der Waals surface area contributed by atoms with Crippen LogP contribution in [0.2, 0.25) is 0 Å². The molecule has 2 aromatic rings. The SMILES string of the molecule is CC(C)c1ccc(-c2nc(CS(=O)(=O)CCCO)cs2)cc1. The zero-order valence-electron chi connectivity index (χ0n) is 12.8. The molecule has 4 nitrogen and oxygen atoms in total. The van der Waals surface area contributed by atoms with Crippen molar-refractivity contribution in [1.29, 1.82) is 0 Å². The smallest absolute Gasteiger partial charge is 0.156 e. The van der Waals surface area contributed by atoms with E-state index in [1.807, 2.05) is 12.1 Å². The van der Waals surface area contributed by atoms with Gasteiger partial charge in [0.25, 0.3) is 0 Å². The van der Waals surface area contributed by atoms with E-state index in [1.165, 1.54) is 16.9 Å². The average molecular weight is 339 g/mol. The zero-order chi connectivity index (χ0) is 16.2. The van der Waals surface area contributed by atoms with Crippen LogP contribution in [-0.2, 0) is 15.6 Å². The molecule has 2 rings (SSSR count). The molecule has 1 aromatic carbocycles. The Labute approximate surface area is 135 Å². The van der Waals surface area contributed by atoms with Crippen LogP contribution in [0, 0.1) is 0 Å². The second-order valence-corrected chi connectivity index (χ2v) is 8.63. The molecule has 0 aliphatic heterocycles. The van der Waals surface area contributed by atoms with Crippen LogP contribution in [0.5, 0.6) is 0 Å². The molecule has 0 aliphatic carbocycles. The van der Waals surface area contributed by atoms with Crippen LogP contribution >= 0.6 is 11.3 Å². The van der Waals surface area contributed by atoms with E-state index in [2.05, 4.69) is 31.0 Å². The molecule has 22 heavy (non-hydrogen) atoms. The van der Waals surface area contributed by atoms with Gasteiger partial charge in [-0.05, 0) is 17.9 Å². The molecule has 6 heteroatoms. The first-order valence-electron chi connectivity index (χ1n) is 7.27. The highest BCUT2D eigenvalue weighted by atomic mass is 32.2. The fourth-order valence-corrected chi connectivity index (χ4v) is 4.34. The Hall–Kier alpha value is -1.24. The molecule has 0 bridgehead atoms. The normalized spacial score (nSPS) is 12.0. The number of aliphatic hydroxyl groups excluding tert-OH is 1. The van der Waals surface area contributed by atoms with E-state index >= 15 is 0 Å². The molecular formula is C16H21NO3S2. The molecule has 1 heterocycles. The lowest BCUT2D eigenvalue weighted by atomic mass is 10.0. The van der Waals surface area contributed by atoms with Gasteiger partial charge in [-0.3, -0.25) is 0 Å². The van der Waals surface area contributed by atoms with Crippen LogP contribution < -0.4 is 0 Å². The van der Waals surface area contributed by atoms with Gasteiger partial charge in [-0.2, -0.15) is 0 Å². The van der Waals surface area contributed by atoms with Crippen LogP contribution in [0.25, 0.3) is 10.6 Å². The Balaban J connectivity index is 2.11. The van der Waals surface area contributed by atoms with Crippen molar-refractivity contribution in [2.24, 2.45) is 0 Å². The molecule has 1 aromatic heterocycles. The van der Waals surface area contributed by atoms with Gasteiger partial charge in [0.15, 0.2) is 9.84 Å². The molecule has 0 amide bonds. The lowest BCUT2D eigenvalue weighted by molar-refractivity contribution is 0.295. The summed E-state index contributed by atoms with van der Waals surface area (Å²) >= 11 is 1.46. The van der Waals surface area contributed by atoms with Crippen LogP contribution in [0.15, 0.2) is 29.6 Å². The first-order chi connectivity index (χ1) is 10.4. The third-order valence-corrected chi connectivity index (χ3v) is 5.94. The summed E-state index contributed by atoms with van der Waals surface area (Å²) in [6.07, 6.45) is 0.274. The lowest BCUT2D eigenvalue weighted by Gasteiger charge is -2.05. The summed E-state index contributed by atoms with van der Waals surface area (Å²) in [6.45, 7) is 4.19. The van der Waals surface area contributed by atoms with E-state index in [9.17, 15) is 8.42 Å². The fraction of sp³-hybridized carbons (Fsp3) is 0.438. The maximum atomic E-state index is 11.9. The Morgan fingerprint density at radius 2 is 1.91 bits per heavy atom. The highest BCUT2D eigenvalue weighted by molar-refractivity contribution is 7.90. The highest BCUT2D eigenvalue weighted by Crippen LogP contribution is 2.26. The summed E-state index contributed by atoms with van der Waals surface area (Å²) < 4.78 is 23.8. The van der Waals surface area contributed by atoms with E-state index in [4.69, 9.17) is 5.11 Å². The molecule has 0 spiro atoms. The molecule has 0 radical (unpaired) electrons. The van der Waals surface area contributed by atoms with Crippen molar-refractivity contribution in [2.75, 3.05) is 12.4 Å². The summed E-state index contributed by atoms with van der Waals surface area (Å²) in [4.78, 5) is 4.43. The maximum Gasteiger partial charge on any atom is 0.156 e. The zero-order valence-corrected chi connectivity index (χ0v) is 14.5. The van der Waals surface area contributed by atoms with E-state index in [0.717, 1.165) is 10.6 Å². The van der Waals surface area contributed by atoms with E-state index in [1.54, 1.807) is 5.38 Å². The number of benzene rings is 1. The molecule has 0 saturated carbocycles. The minimum atomic E-state index is -3.20. The highest BCUT2D eigenvalue weighted by Gasteiger charge is 2.14. The molecule has 1 N–H and O–H groups in total. The van der Waals surface area contributed by atoms with Gasteiger partial charge in [0, 0.05) is 17.6 Å². The predicted octanol–water partition coefficient (Wildman–Crippen LogP) is 3.23. The summed E-state index contributed by atoms with van der Waals surface area (Å²) in [5.41, 5.74) is 2.85. The van der Waals surface area contributed by atoms with Crippen molar-refractivity contribution in [2.45, 2.75) is 31.9 Å². The van der Waals surface area contributed by atoms with Crippen molar-refractivity contribution < 1.29 is 13.5 Å². The van der Waals surface area contributed by atoms with Crippen LogP contribution in [0.4, 0.5) is 0 Å². The quantitative estimate of drug-likeness (QED) is 0.841. The number of aromatic nitrogens is 1. The second kappa shape index (κ2) is 7.35. The van der Waals surface area contributed by atoms with Crippen molar-refractivity contribution in [3.63, 3.8) is 0 Å². The predicted molar refractivity (Wildman–Crippen MR) is 90.8 cm³/mol. The monoisotopic (exact) mass is 339 g/mol. The van der Waals surface area contributed by atoms with Gasteiger partial charge < -0.3 is 5.11 Å². The molecule has 0 aliphatic rings. The number of thiazole rings is 1. The van der Waals surface area contributed by atoms with Crippen LogP contribution in [0.3, 0.4) is 0 Å². The van der Waals surface area contributed by atoms with Crippen molar-refractivity contribution in [1.82, 2.24) is 4.98 Å².